The van der Waals surface area contributed by atoms with E-state index < -0.39 is 11.8 Å². The van der Waals surface area contributed by atoms with Crippen molar-refractivity contribution in [2.24, 2.45) is 0 Å². The maximum Gasteiger partial charge on any atom is 0.343 e. The van der Waals surface area contributed by atoms with Gasteiger partial charge in [-0.2, -0.15) is 0 Å². The number of nitrogen functional groups attached to an aromatic ring is 1. The van der Waals surface area contributed by atoms with Gasteiger partial charge in [0.05, 0.1) is 13.7 Å². The fourth-order valence-corrected chi connectivity index (χ4v) is 1.70. The van der Waals surface area contributed by atoms with Crippen molar-refractivity contribution < 1.29 is 18.7 Å². The standard InChI is InChI=1S/C14H14FN3O3/c1-3-21-14(19)9-7-17-13(18-12(9)16)8-4-5-10(15)11(6-8)20-2/h4-7H,3H2,1-2H3,(H2,16,17,18). The van der Waals surface area contributed by atoms with Crippen LogP contribution in [-0.4, -0.2) is 29.7 Å². The van der Waals surface area contributed by atoms with Gasteiger partial charge < -0.3 is 15.2 Å². The Labute approximate surface area is 120 Å². The number of rotatable bonds is 4. The monoisotopic (exact) mass is 291 g/mol. The molecular weight excluding hydrogens is 277 g/mol. The zero-order valence-corrected chi connectivity index (χ0v) is 11.6. The molecule has 2 N–H and O–H groups in total. The Morgan fingerprint density at radius 3 is 2.81 bits per heavy atom. The molecule has 0 unspecified atom stereocenters. The van der Waals surface area contributed by atoms with E-state index in [4.69, 9.17) is 15.2 Å². The van der Waals surface area contributed by atoms with Crippen molar-refractivity contribution in [3.05, 3.63) is 35.8 Å². The molecule has 1 aromatic heterocycles. The highest BCUT2D eigenvalue weighted by Crippen LogP contribution is 2.25. The van der Waals surface area contributed by atoms with Crippen LogP contribution in [0.4, 0.5) is 10.2 Å². The van der Waals surface area contributed by atoms with Gasteiger partial charge in [-0.15, -0.1) is 0 Å². The van der Waals surface area contributed by atoms with Crippen LogP contribution >= 0.6 is 0 Å². The lowest BCUT2D eigenvalue weighted by atomic mass is 10.2. The molecule has 0 aliphatic rings. The Bertz CT molecular complexity index is 677. The topological polar surface area (TPSA) is 87.3 Å². The summed E-state index contributed by atoms with van der Waals surface area (Å²) in [7, 11) is 1.36. The fraction of sp³-hybridized carbons (Fsp3) is 0.214. The van der Waals surface area contributed by atoms with Gasteiger partial charge in [0.15, 0.2) is 17.4 Å². The van der Waals surface area contributed by atoms with Crippen LogP contribution in [0, 0.1) is 5.82 Å². The van der Waals surface area contributed by atoms with E-state index in [0.29, 0.717) is 5.56 Å². The number of nitrogens with two attached hydrogens (primary N) is 1. The number of aromatic nitrogens is 2. The first kappa shape index (κ1) is 14.7. The van der Waals surface area contributed by atoms with Crippen LogP contribution < -0.4 is 10.5 Å². The van der Waals surface area contributed by atoms with Gasteiger partial charge in [0.2, 0.25) is 0 Å². The van der Waals surface area contributed by atoms with Crippen molar-refractivity contribution in [3.8, 4) is 17.1 Å². The molecule has 0 saturated carbocycles. The summed E-state index contributed by atoms with van der Waals surface area (Å²) in [6.07, 6.45) is 1.28. The van der Waals surface area contributed by atoms with E-state index in [2.05, 4.69) is 9.97 Å². The lowest BCUT2D eigenvalue weighted by molar-refractivity contribution is 0.0527. The van der Waals surface area contributed by atoms with Crippen molar-refractivity contribution in [1.29, 1.82) is 0 Å². The molecule has 21 heavy (non-hydrogen) atoms. The number of hydrogen-bond donors (Lipinski definition) is 1. The van der Waals surface area contributed by atoms with E-state index in [9.17, 15) is 9.18 Å². The first-order valence-electron chi connectivity index (χ1n) is 6.20. The summed E-state index contributed by atoms with van der Waals surface area (Å²) in [6, 6.07) is 4.19. The fourth-order valence-electron chi connectivity index (χ4n) is 1.70. The predicted molar refractivity (Wildman–Crippen MR) is 74.3 cm³/mol. The van der Waals surface area contributed by atoms with Gasteiger partial charge in [-0.1, -0.05) is 0 Å². The molecule has 0 radical (unpaired) electrons. The molecule has 2 aromatic rings. The number of carbonyl (C=O) groups excluding carboxylic acids is 1. The van der Waals surface area contributed by atoms with Crippen LogP contribution in [0.2, 0.25) is 0 Å². The molecule has 0 amide bonds. The van der Waals surface area contributed by atoms with E-state index in [-0.39, 0.29) is 29.6 Å². The molecule has 110 valence electrons. The van der Waals surface area contributed by atoms with Crippen molar-refractivity contribution >= 4 is 11.8 Å². The summed E-state index contributed by atoms with van der Waals surface area (Å²) < 4.78 is 23.1. The Morgan fingerprint density at radius 2 is 2.19 bits per heavy atom. The highest BCUT2D eigenvalue weighted by molar-refractivity contribution is 5.94. The second-order valence-electron chi connectivity index (χ2n) is 4.06. The zero-order valence-electron chi connectivity index (χ0n) is 11.6. The lowest BCUT2D eigenvalue weighted by Gasteiger charge is -2.07. The number of nitrogens with zero attached hydrogens (tertiary/aromatic N) is 2. The van der Waals surface area contributed by atoms with Gasteiger partial charge in [-0.3, -0.25) is 0 Å². The number of hydrogen-bond acceptors (Lipinski definition) is 6. The summed E-state index contributed by atoms with van der Waals surface area (Å²) in [4.78, 5) is 19.7. The number of benzene rings is 1. The summed E-state index contributed by atoms with van der Waals surface area (Å²) in [6.45, 7) is 1.92. The number of methoxy groups -OCH3 is 1. The molecule has 0 aliphatic heterocycles. The number of esters is 1. The average Bonchev–Trinajstić information content (AvgIpc) is 2.47. The van der Waals surface area contributed by atoms with Crippen LogP contribution in [0.25, 0.3) is 11.4 Å². The number of halogens is 1. The van der Waals surface area contributed by atoms with E-state index >= 15 is 0 Å². The molecule has 1 aromatic carbocycles. The summed E-state index contributed by atoms with van der Waals surface area (Å²) >= 11 is 0. The van der Waals surface area contributed by atoms with Gasteiger partial charge in [0.1, 0.15) is 11.4 Å². The SMILES string of the molecule is CCOC(=O)c1cnc(-c2ccc(F)c(OC)c2)nc1N. The minimum Gasteiger partial charge on any atom is -0.494 e. The van der Waals surface area contributed by atoms with Crippen LogP contribution in [0.5, 0.6) is 5.75 Å². The highest BCUT2D eigenvalue weighted by atomic mass is 19.1. The number of ether oxygens (including phenoxy) is 2. The van der Waals surface area contributed by atoms with Gasteiger partial charge in [-0.05, 0) is 25.1 Å². The molecule has 0 atom stereocenters. The Hall–Kier alpha value is -2.70. The Kier molecular flexibility index (Phi) is 4.32. The van der Waals surface area contributed by atoms with Crippen molar-refractivity contribution in [2.45, 2.75) is 6.92 Å². The lowest BCUT2D eigenvalue weighted by Crippen LogP contribution is -2.10. The van der Waals surface area contributed by atoms with Crippen LogP contribution in [0.15, 0.2) is 24.4 Å². The van der Waals surface area contributed by atoms with Crippen molar-refractivity contribution in [3.63, 3.8) is 0 Å². The minimum absolute atomic E-state index is 0.00161. The normalized spacial score (nSPS) is 10.2. The molecular formula is C14H14FN3O3. The Balaban J connectivity index is 2.38. The van der Waals surface area contributed by atoms with E-state index in [0.717, 1.165) is 0 Å². The third-order valence-corrected chi connectivity index (χ3v) is 2.72. The number of carbonyl (C=O) groups is 1. The summed E-state index contributed by atoms with van der Waals surface area (Å²) in [5, 5.41) is 0. The second kappa shape index (κ2) is 6.17. The Morgan fingerprint density at radius 1 is 1.43 bits per heavy atom. The molecule has 7 heteroatoms. The maximum absolute atomic E-state index is 13.4. The predicted octanol–water partition coefficient (Wildman–Crippen LogP) is 2.05. The third-order valence-electron chi connectivity index (χ3n) is 2.72. The van der Waals surface area contributed by atoms with Gasteiger partial charge in [0.25, 0.3) is 0 Å². The summed E-state index contributed by atoms with van der Waals surface area (Å²) in [5.41, 5.74) is 6.35. The molecule has 6 nitrogen and oxygen atoms in total. The zero-order chi connectivity index (χ0) is 15.4. The quantitative estimate of drug-likeness (QED) is 0.867. The molecule has 0 aliphatic carbocycles. The maximum atomic E-state index is 13.4. The summed E-state index contributed by atoms with van der Waals surface area (Å²) in [5.74, 6) is -0.736. The first-order valence-corrected chi connectivity index (χ1v) is 6.20. The van der Waals surface area contributed by atoms with Crippen LogP contribution in [0.3, 0.4) is 0 Å². The van der Waals surface area contributed by atoms with E-state index in [1.54, 1.807) is 6.92 Å². The van der Waals surface area contributed by atoms with Gasteiger partial charge in [-0.25, -0.2) is 19.2 Å². The van der Waals surface area contributed by atoms with Gasteiger partial charge >= 0.3 is 5.97 Å². The smallest absolute Gasteiger partial charge is 0.343 e. The van der Waals surface area contributed by atoms with Crippen LogP contribution in [0.1, 0.15) is 17.3 Å². The first-order chi connectivity index (χ1) is 10.1. The second-order valence-corrected chi connectivity index (χ2v) is 4.06. The van der Waals surface area contributed by atoms with E-state index in [1.807, 2.05) is 0 Å². The average molecular weight is 291 g/mol. The highest BCUT2D eigenvalue weighted by Gasteiger charge is 2.15. The largest absolute Gasteiger partial charge is 0.494 e. The number of anilines is 1. The molecule has 0 saturated heterocycles. The van der Waals surface area contributed by atoms with Crippen molar-refractivity contribution in [2.75, 3.05) is 19.5 Å². The minimum atomic E-state index is -0.585. The molecule has 0 bridgehead atoms. The van der Waals surface area contributed by atoms with Gasteiger partial charge in [0, 0.05) is 11.8 Å². The van der Waals surface area contributed by atoms with E-state index in [1.165, 1.54) is 31.5 Å². The van der Waals surface area contributed by atoms with Crippen LogP contribution in [-0.2, 0) is 4.74 Å². The molecule has 1 heterocycles. The van der Waals surface area contributed by atoms with Crippen molar-refractivity contribution in [1.82, 2.24) is 9.97 Å². The molecule has 0 spiro atoms. The third kappa shape index (κ3) is 3.07. The molecule has 0 fully saturated rings. The molecule has 2 rings (SSSR count).